The van der Waals surface area contributed by atoms with Crippen LogP contribution in [0.3, 0.4) is 0 Å². The van der Waals surface area contributed by atoms with Gasteiger partial charge in [-0.1, -0.05) is 19.1 Å². The summed E-state index contributed by atoms with van der Waals surface area (Å²) in [7, 11) is -3.99. The van der Waals surface area contributed by atoms with E-state index >= 15 is 0 Å². The number of hydrogen-bond donors (Lipinski definition) is 0. The number of rotatable bonds is 4. The van der Waals surface area contributed by atoms with E-state index in [9.17, 15) is 34.8 Å². The Bertz CT molecular complexity index is 1500. The van der Waals surface area contributed by atoms with E-state index in [1.807, 2.05) is 0 Å². The summed E-state index contributed by atoms with van der Waals surface area (Å²) in [6.07, 6.45) is -7.39. The maximum atomic E-state index is 13.1. The highest BCUT2D eigenvalue weighted by Gasteiger charge is 2.34. The molecule has 0 aliphatic rings. The molecule has 178 valence electrons. The van der Waals surface area contributed by atoms with Gasteiger partial charge in [-0.05, 0) is 23.8 Å². The number of halogens is 6. The minimum atomic E-state index is -4.73. The first-order valence-electron chi connectivity index (χ1n) is 9.50. The molecule has 0 N–H and O–H groups in total. The number of alkyl halides is 6. The van der Waals surface area contributed by atoms with Crippen molar-refractivity contribution in [2.75, 3.05) is 5.75 Å². The van der Waals surface area contributed by atoms with Gasteiger partial charge in [0.2, 0.25) is 0 Å². The molecule has 1 aromatic carbocycles. The Labute approximate surface area is 188 Å². The zero-order chi connectivity index (χ0) is 24.9. The molecular formula is C20H13F6N5O2S. The molecule has 0 saturated carbocycles. The molecule has 14 heteroatoms. The minimum absolute atomic E-state index is 0.0732. The van der Waals surface area contributed by atoms with Gasteiger partial charge >= 0.3 is 12.4 Å². The predicted molar refractivity (Wildman–Crippen MR) is 107 cm³/mol. The Kier molecular flexibility index (Phi) is 5.58. The second-order valence-corrected chi connectivity index (χ2v) is 9.32. The number of hydrogen-bond acceptors (Lipinski definition) is 6. The van der Waals surface area contributed by atoms with Crippen molar-refractivity contribution in [3.8, 4) is 22.6 Å². The Hall–Kier alpha value is -3.55. The third kappa shape index (κ3) is 4.32. The van der Waals surface area contributed by atoms with Crippen molar-refractivity contribution in [1.29, 1.82) is 0 Å². The molecule has 3 heterocycles. The summed E-state index contributed by atoms with van der Waals surface area (Å²) in [5.41, 5.74) is -2.46. The summed E-state index contributed by atoms with van der Waals surface area (Å²) in [5, 5.41) is 7.43. The first-order chi connectivity index (χ1) is 15.8. The van der Waals surface area contributed by atoms with Crippen LogP contribution in [0.4, 0.5) is 26.3 Å². The summed E-state index contributed by atoms with van der Waals surface area (Å²) in [4.78, 5) is 7.05. The van der Waals surface area contributed by atoms with Gasteiger partial charge in [-0.2, -0.15) is 26.3 Å². The third-order valence-corrected chi connectivity index (χ3v) is 6.63. The Balaban J connectivity index is 1.90. The van der Waals surface area contributed by atoms with Crippen LogP contribution in [0.1, 0.15) is 18.2 Å². The monoisotopic (exact) mass is 501 g/mol. The van der Waals surface area contributed by atoms with Crippen molar-refractivity contribution in [3.63, 3.8) is 0 Å². The summed E-state index contributed by atoms with van der Waals surface area (Å²) >= 11 is 0. The standard InChI is InChI=1S/C20H13F6N5O2S/c1-2-34(32,33)14-7-12(11-4-3-5-13(6-11)19(21,22)23)9-27-17(14)18-30-29-16-8-15(20(24,25)26)28-10-31(16)18/h3-10H,2H2,1H3. The van der Waals surface area contributed by atoms with Gasteiger partial charge < -0.3 is 0 Å². The molecule has 0 atom stereocenters. The molecule has 4 aromatic rings. The lowest BCUT2D eigenvalue weighted by Crippen LogP contribution is -2.10. The Morgan fingerprint density at radius 1 is 0.912 bits per heavy atom. The van der Waals surface area contributed by atoms with Crippen molar-refractivity contribution in [1.82, 2.24) is 24.6 Å². The van der Waals surface area contributed by atoms with Crippen LogP contribution in [0, 0.1) is 0 Å². The van der Waals surface area contributed by atoms with Crippen LogP contribution in [-0.2, 0) is 22.2 Å². The zero-order valence-electron chi connectivity index (χ0n) is 17.1. The molecule has 0 fully saturated rings. The van der Waals surface area contributed by atoms with Gasteiger partial charge in [0.1, 0.15) is 17.7 Å². The molecule has 0 aliphatic carbocycles. The van der Waals surface area contributed by atoms with Crippen LogP contribution >= 0.6 is 0 Å². The van der Waals surface area contributed by atoms with Gasteiger partial charge in [-0.25, -0.2) is 13.4 Å². The second-order valence-electron chi connectivity index (χ2n) is 7.08. The first kappa shape index (κ1) is 23.6. The second kappa shape index (κ2) is 8.04. The fourth-order valence-electron chi connectivity index (χ4n) is 3.15. The van der Waals surface area contributed by atoms with Gasteiger partial charge in [-0.15, -0.1) is 10.2 Å². The SMILES string of the molecule is CCS(=O)(=O)c1cc(-c2cccc(C(F)(F)F)c2)cnc1-c1nnc2cc(C(F)(F)F)ncn12. The fraction of sp³-hybridized carbons (Fsp3) is 0.200. The van der Waals surface area contributed by atoms with E-state index in [0.29, 0.717) is 6.07 Å². The van der Waals surface area contributed by atoms with Gasteiger partial charge in [0.25, 0.3) is 0 Å². The highest BCUT2D eigenvalue weighted by molar-refractivity contribution is 7.91. The zero-order valence-corrected chi connectivity index (χ0v) is 17.9. The van der Waals surface area contributed by atoms with Crippen molar-refractivity contribution in [2.24, 2.45) is 0 Å². The van der Waals surface area contributed by atoms with Crippen molar-refractivity contribution < 1.29 is 34.8 Å². The van der Waals surface area contributed by atoms with E-state index in [1.165, 1.54) is 19.1 Å². The molecule has 0 radical (unpaired) electrons. The van der Waals surface area contributed by atoms with E-state index in [-0.39, 0.29) is 38.9 Å². The predicted octanol–water partition coefficient (Wildman–Crippen LogP) is 4.68. The van der Waals surface area contributed by atoms with E-state index in [2.05, 4.69) is 20.2 Å². The van der Waals surface area contributed by atoms with Gasteiger partial charge in [0.15, 0.2) is 21.3 Å². The average Bonchev–Trinajstić information content (AvgIpc) is 3.21. The van der Waals surface area contributed by atoms with E-state index in [0.717, 1.165) is 35.1 Å². The van der Waals surface area contributed by atoms with E-state index in [4.69, 9.17) is 0 Å². The van der Waals surface area contributed by atoms with Crippen LogP contribution < -0.4 is 0 Å². The highest BCUT2D eigenvalue weighted by atomic mass is 32.2. The number of sulfone groups is 1. The molecule has 0 unspecified atom stereocenters. The molecule has 0 spiro atoms. The molecule has 0 saturated heterocycles. The normalized spacial score (nSPS) is 12.9. The van der Waals surface area contributed by atoms with Crippen LogP contribution in [0.15, 0.2) is 53.8 Å². The topological polar surface area (TPSA) is 90.1 Å². The van der Waals surface area contributed by atoms with Crippen LogP contribution in [0.2, 0.25) is 0 Å². The van der Waals surface area contributed by atoms with Gasteiger partial charge in [0.05, 0.1) is 16.2 Å². The summed E-state index contributed by atoms with van der Waals surface area (Å²) in [5.74, 6) is -0.570. The molecule has 4 rings (SSSR count). The summed E-state index contributed by atoms with van der Waals surface area (Å²) < 4.78 is 105. The third-order valence-electron chi connectivity index (χ3n) is 4.89. The highest BCUT2D eigenvalue weighted by Crippen LogP contribution is 2.35. The number of nitrogens with zero attached hydrogens (tertiary/aromatic N) is 5. The minimum Gasteiger partial charge on any atom is -0.264 e. The van der Waals surface area contributed by atoms with Gasteiger partial charge in [-0.3, -0.25) is 9.38 Å². The molecule has 3 aromatic heterocycles. The summed E-state index contributed by atoms with van der Waals surface area (Å²) in [6, 6.07) is 6.06. The first-order valence-corrected chi connectivity index (χ1v) is 11.2. The Morgan fingerprint density at radius 2 is 1.65 bits per heavy atom. The smallest absolute Gasteiger partial charge is 0.264 e. The molecule has 0 aliphatic heterocycles. The maximum Gasteiger partial charge on any atom is 0.433 e. The average molecular weight is 501 g/mol. The van der Waals surface area contributed by atoms with Crippen molar-refractivity contribution >= 4 is 15.5 Å². The molecule has 7 nitrogen and oxygen atoms in total. The van der Waals surface area contributed by atoms with Crippen molar-refractivity contribution in [2.45, 2.75) is 24.2 Å². The van der Waals surface area contributed by atoms with E-state index < -0.39 is 33.4 Å². The van der Waals surface area contributed by atoms with Crippen LogP contribution in [-0.4, -0.2) is 38.7 Å². The lowest BCUT2D eigenvalue weighted by atomic mass is 10.0. The number of fused-ring (bicyclic) bond motifs is 1. The van der Waals surface area contributed by atoms with E-state index in [1.54, 1.807) is 0 Å². The number of aromatic nitrogens is 5. The van der Waals surface area contributed by atoms with Crippen LogP contribution in [0.25, 0.3) is 28.3 Å². The molecule has 0 amide bonds. The number of pyridine rings is 1. The number of benzene rings is 1. The van der Waals surface area contributed by atoms with Gasteiger partial charge in [0, 0.05) is 17.8 Å². The van der Waals surface area contributed by atoms with Crippen molar-refractivity contribution in [3.05, 3.63) is 60.2 Å². The quantitative estimate of drug-likeness (QED) is 0.377. The lowest BCUT2D eigenvalue weighted by Gasteiger charge is -2.12. The summed E-state index contributed by atoms with van der Waals surface area (Å²) in [6.45, 7) is 1.36. The maximum absolute atomic E-state index is 13.1. The Morgan fingerprint density at radius 3 is 2.29 bits per heavy atom. The lowest BCUT2D eigenvalue weighted by molar-refractivity contribution is -0.141. The molecular weight excluding hydrogens is 488 g/mol. The molecule has 34 heavy (non-hydrogen) atoms. The fourth-order valence-corrected chi connectivity index (χ4v) is 4.21. The molecule has 0 bridgehead atoms. The largest absolute Gasteiger partial charge is 0.433 e. The van der Waals surface area contributed by atoms with Crippen LogP contribution in [0.5, 0.6) is 0 Å².